The van der Waals surface area contributed by atoms with Gasteiger partial charge in [0.15, 0.2) is 17.2 Å². The molecular formula is C44H26N4OS. The Kier molecular flexibility index (Phi) is 6.60. The number of para-hydroxylation sites is 1. The molecule has 0 N–H and O–H groups in total. The van der Waals surface area contributed by atoms with Crippen molar-refractivity contribution in [1.82, 2.24) is 19.9 Å². The Balaban J connectivity index is 1.16. The first-order chi connectivity index (χ1) is 24.8. The summed E-state index contributed by atoms with van der Waals surface area (Å²) in [6.07, 6.45) is 0. The number of aromatic nitrogens is 4. The van der Waals surface area contributed by atoms with Crippen LogP contribution in [0.1, 0.15) is 0 Å². The van der Waals surface area contributed by atoms with Gasteiger partial charge in [0.2, 0.25) is 0 Å². The van der Waals surface area contributed by atoms with Crippen LogP contribution in [-0.2, 0) is 0 Å². The van der Waals surface area contributed by atoms with E-state index in [1.165, 1.54) is 15.5 Å². The molecular weight excluding hydrogens is 633 g/mol. The first-order valence-electron chi connectivity index (χ1n) is 16.5. The molecule has 4 heterocycles. The summed E-state index contributed by atoms with van der Waals surface area (Å²) in [7, 11) is 0. The van der Waals surface area contributed by atoms with Crippen LogP contribution in [0, 0.1) is 0 Å². The second-order valence-corrected chi connectivity index (χ2v) is 13.3. The maximum atomic E-state index is 6.33. The van der Waals surface area contributed by atoms with Crippen LogP contribution in [0.15, 0.2) is 162 Å². The smallest absolute Gasteiger partial charge is 0.180 e. The number of benzene rings is 6. The van der Waals surface area contributed by atoms with Crippen molar-refractivity contribution in [2.24, 2.45) is 0 Å². The van der Waals surface area contributed by atoms with Crippen LogP contribution in [0.3, 0.4) is 0 Å². The molecule has 0 saturated carbocycles. The van der Waals surface area contributed by atoms with Crippen molar-refractivity contribution in [1.29, 1.82) is 0 Å². The van der Waals surface area contributed by atoms with Gasteiger partial charge in [0.05, 0.1) is 11.4 Å². The van der Waals surface area contributed by atoms with Gasteiger partial charge in [-0.05, 0) is 30.3 Å². The molecule has 0 bridgehead atoms. The lowest BCUT2D eigenvalue weighted by molar-refractivity contribution is 0.667. The summed E-state index contributed by atoms with van der Waals surface area (Å²) in [5, 5.41) is 3.33. The molecule has 0 fully saturated rings. The summed E-state index contributed by atoms with van der Waals surface area (Å²) in [4.78, 5) is 20.4. The minimum Gasteiger partial charge on any atom is -0.452 e. The van der Waals surface area contributed by atoms with Gasteiger partial charge in [-0.25, -0.2) is 19.9 Å². The van der Waals surface area contributed by atoms with Crippen LogP contribution in [0.5, 0.6) is 0 Å². The molecule has 6 aromatic carbocycles. The summed E-state index contributed by atoms with van der Waals surface area (Å²) < 4.78 is 8.69. The third-order valence-electron chi connectivity index (χ3n) is 9.13. The molecule has 0 radical (unpaired) electrons. The Labute approximate surface area is 291 Å². The van der Waals surface area contributed by atoms with Crippen LogP contribution < -0.4 is 0 Å². The highest BCUT2D eigenvalue weighted by molar-refractivity contribution is 7.26. The van der Waals surface area contributed by atoms with Gasteiger partial charge in [-0.1, -0.05) is 127 Å². The van der Waals surface area contributed by atoms with Crippen molar-refractivity contribution < 1.29 is 4.42 Å². The van der Waals surface area contributed by atoms with E-state index in [9.17, 15) is 0 Å². The highest BCUT2D eigenvalue weighted by Crippen LogP contribution is 2.42. The van der Waals surface area contributed by atoms with Crippen LogP contribution in [0.4, 0.5) is 0 Å². The highest BCUT2D eigenvalue weighted by Gasteiger charge is 2.20. The predicted molar refractivity (Wildman–Crippen MR) is 205 cm³/mol. The Bertz CT molecular complexity index is 2810. The SMILES string of the molecule is c1ccc(-c2cc(-c3cccc4sc5cc(-c6nc(-c7ccccc7)c7oc8ccccc8c7n6)ccc5c34)nc(-c3ccccc3)n2)cc1. The van der Waals surface area contributed by atoms with Gasteiger partial charge >= 0.3 is 0 Å². The lowest BCUT2D eigenvalue weighted by Crippen LogP contribution is -1.96. The number of furan rings is 1. The maximum Gasteiger partial charge on any atom is 0.180 e. The molecule has 5 nitrogen and oxygen atoms in total. The molecule has 0 aliphatic rings. The monoisotopic (exact) mass is 658 g/mol. The van der Waals surface area contributed by atoms with Gasteiger partial charge in [-0.15, -0.1) is 11.3 Å². The summed E-state index contributed by atoms with van der Waals surface area (Å²) >= 11 is 1.77. The number of thiophene rings is 1. The van der Waals surface area contributed by atoms with Crippen molar-refractivity contribution in [2.75, 3.05) is 0 Å². The fourth-order valence-electron chi connectivity index (χ4n) is 6.75. The Morgan fingerprint density at radius 3 is 1.92 bits per heavy atom. The Morgan fingerprint density at radius 2 is 1.12 bits per heavy atom. The molecule has 4 aromatic heterocycles. The first kappa shape index (κ1) is 28.5. The Morgan fingerprint density at radius 1 is 0.440 bits per heavy atom. The zero-order valence-electron chi connectivity index (χ0n) is 26.6. The summed E-state index contributed by atoms with van der Waals surface area (Å²) in [5.74, 6) is 1.37. The number of fused-ring (bicyclic) bond motifs is 6. The lowest BCUT2D eigenvalue weighted by Gasteiger charge is -2.10. The quantitative estimate of drug-likeness (QED) is 0.184. The molecule has 0 amide bonds. The summed E-state index contributed by atoms with van der Waals surface area (Å²) in [6, 6.07) is 53.9. The van der Waals surface area contributed by atoms with Crippen molar-refractivity contribution >= 4 is 53.6 Å². The third-order valence-corrected chi connectivity index (χ3v) is 10.2. The van der Waals surface area contributed by atoms with E-state index in [0.717, 1.165) is 66.1 Å². The van der Waals surface area contributed by atoms with Gasteiger partial charge < -0.3 is 4.42 Å². The molecule has 0 saturated heterocycles. The normalized spacial score (nSPS) is 11.6. The van der Waals surface area contributed by atoms with Crippen molar-refractivity contribution in [3.63, 3.8) is 0 Å². The topological polar surface area (TPSA) is 64.7 Å². The van der Waals surface area contributed by atoms with Crippen LogP contribution in [0.25, 0.3) is 98.8 Å². The van der Waals surface area contributed by atoms with E-state index in [0.29, 0.717) is 17.2 Å². The van der Waals surface area contributed by atoms with E-state index in [1.54, 1.807) is 11.3 Å². The maximum absolute atomic E-state index is 6.33. The molecule has 0 atom stereocenters. The van der Waals surface area contributed by atoms with Crippen LogP contribution in [-0.4, -0.2) is 19.9 Å². The van der Waals surface area contributed by atoms with Gasteiger partial charge in [0.1, 0.15) is 16.8 Å². The van der Waals surface area contributed by atoms with E-state index in [4.69, 9.17) is 24.4 Å². The van der Waals surface area contributed by atoms with Crippen molar-refractivity contribution in [3.05, 3.63) is 158 Å². The fraction of sp³-hybridized carbons (Fsp3) is 0. The van der Waals surface area contributed by atoms with Crippen LogP contribution >= 0.6 is 11.3 Å². The average Bonchev–Trinajstić information content (AvgIpc) is 3.76. The van der Waals surface area contributed by atoms with Gasteiger partial charge in [0, 0.05) is 53.4 Å². The number of hydrogen-bond donors (Lipinski definition) is 0. The largest absolute Gasteiger partial charge is 0.452 e. The van der Waals surface area contributed by atoms with E-state index in [2.05, 4.69) is 84.9 Å². The number of rotatable bonds is 5. The predicted octanol–water partition coefficient (Wildman–Crippen LogP) is 11.9. The standard InChI is InChI=1S/C44H26N4OS/c1-4-13-27(14-5-1)34-26-35(46-43(45-34)29-17-8-3-9-18-29)31-20-12-22-37-39(31)33-24-23-30(25-38(33)50-37)44-47-40(28-15-6-2-7-16-28)42-41(48-44)32-19-10-11-21-36(32)49-42/h1-26H. The Hall–Kier alpha value is -6.50. The summed E-state index contributed by atoms with van der Waals surface area (Å²) in [6.45, 7) is 0. The second-order valence-electron chi connectivity index (χ2n) is 12.2. The lowest BCUT2D eigenvalue weighted by atomic mass is 10.0. The molecule has 234 valence electrons. The average molecular weight is 659 g/mol. The van der Waals surface area contributed by atoms with E-state index in [1.807, 2.05) is 72.8 Å². The number of hydrogen-bond acceptors (Lipinski definition) is 6. The molecule has 0 unspecified atom stereocenters. The molecule has 0 aliphatic carbocycles. The van der Waals surface area contributed by atoms with Gasteiger partial charge in [-0.2, -0.15) is 0 Å². The molecule has 10 rings (SSSR count). The van der Waals surface area contributed by atoms with Crippen molar-refractivity contribution in [3.8, 4) is 56.5 Å². The second kappa shape index (κ2) is 11.6. The summed E-state index contributed by atoms with van der Waals surface area (Å²) in [5.41, 5.74) is 9.93. The number of nitrogens with zero attached hydrogens (tertiary/aromatic N) is 4. The molecule has 10 aromatic rings. The van der Waals surface area contributed by atoms with Gasteiger partial charge in [-0.3, -0.25) is 0 Å². The van der Waals surface area contributed by atoms with Gasteiger partial charge in [0.25, 0.3) is 0 Å². The minimum atomic E-state index is 0.665. The molecule has 6 heteroatoms. The minimum absolute atomic E-state index is 0.665. The first-order valence-corrected chi connectivity index (χ1v) is 17.3. The molecule has 50 heavy (non-hydrogen) atoms. The molecule has 0 spiro atoms. The van der Waals surface area contributed by atoms with E-state index < -0.39 is 0 Å². The van der Waals surface area contributed by atoms with E-state index >= 15 is 0 Å². The molecule has 0 aliphatic heterocycles. The third kappa shape index (κ3) is 4.77. The zero-order valence-corrected chi connectivity index (χ0v) is 27.4. The fourth-order valence-corrected chi connectivity index (χ4v) is 7.92. The highest BCUT2D eigenvalue weighted by atomic mass is 32.1. The van der Waals surface area contributed by atoms with E-state index in [-0.39, 0.29) is 0 Å². The zero-order chi connectivity index (χ0) is 33.0. The van der Waals surface area contributed by atoms with Crippen molar-refractivity contribution in [2.45, 2.75) is 0 Å². The van der Waals surface area contributed by atoms with Crippen LogP contribution in [0.2, 0.25) is 0 Å².